The standard InChI is InChI=1S/C20H22N8O5.C12H11ClN2O5S/c1-28(9-11-8-23-17-15(24-11)16(21)26-20(22)27-17)12-4-2-10(3-5-12)18(31)25-13(19(32)33)6-7-14(29)30;13-9-5-10(15-6-7-2-1-3-20-7)8(12(16)17)4-11(9)21(14,18)19/h2-5,8,13H,6-7,9H2,1H3,(H,25,31)(H,29,30)(H,32,33)(H4,21,22,23,26,27);1-5,15H,6H2,(H,16,17)(H2,14,18,19)/t13-;/m0./s1. The number of carbonyl (C=O) groups excluding carboxylic acids is 1. The molecule has 0 bridgehead atoms. The molecule has 0 saturated heterocycles. The second-order valence-corrected chi connectivity index (χ2v) is 13.2. The third kappa shape index (κ3) is 10.7. The molecule has 1 amide bonds. The van der Waals surface area contributed by atoms with Crippen molar-refractivity contribution in [3.8, 4) is 0 Å². The van der Waals surface area contributed by atoms with Gasteiger partial charge >= 0.3 is 17.9 Å². The molecule has 0 radical (unpaired) electrons. The average Bonchev–Trinajstić information content (AvgIpc) is 3.62. The molecule has 20 nitrogen and oxygen atoms in total. The highest BCUT2D eigenvalue weighted by Gasteiger charge is 2.22. The van der Waals surface area contributed by atoms with Crippen LogP contribution in [0.25, 0.3) is 11.2 Å². The second kappa shape index (κ2) is 17.3. The molecule has 5 rings (SSSR count). The van der Waals surface area contributed by atoms with E-state index in [9.17, 15) is 32.7 Å². The maximum absolute atomic E-state index is 12.4. The molecular weight excluding hydrogens is 752 g/mol. The van der Waals surface area contributed by atoms with Crippen LogP contribution in [-0.4, -0.2) is 80.6 Å². The van der Waals surface area contributed by atoms with Crippen LogP contribution in [0.4, 0.5) is 23.1 Å². The Balaban J connectivity index is 0.000000266. The lowest BCUT2D eigenvalue weighted by Crippen LogP contribution is -2.41. The molecule has 3 heterocycles. The summed E-state index contributed by atoms with van der Waals surface area (Å²) in [5.41, 5.74) is 13.6. The predicted molar refractivity (Wildman–Crippen MR) is 194 cm³/mol. The van der Waals surface area contributed by atoms with Crippen LogP contribution >= 0.6 is 11.6 Å². The first-order chi connectivity index (χ1) is 25.4. The van der Waals surface area contributed by atoms with Gasteiger partial charge in [0.2, 0.25) is 16.0 Å². The number of nitrogens with one attached hydrogen (secondary N) is 2. The van der Waals surface area contributed by atoms with Crippen LogP contribution in [0.5, 0.6) is 0 Å². The van der Waals surface area contributed by atoms with Crippen molar-refractivity contribution in [1.29, 1.82) is 0 Å². The van der Waals surface area contributed by atoms with E-state index >= 15 is 0 Å². The molecule has 22 heteroatoms. The molecule has 284 valence electrons. The van der Waals surface area contributed by atoms with E-state index in [1.165, 1.54) is 24.5 Å². The fourth-order valence-corrected chi connectivity index (χ4v) is 5.82. The molecular formula is C32H33ClN10O10S. The number of halogens is 1. The first-order valence-corrected chi connectivity index (χ1v) is 17.3. The molecule has 54 heavy (non-hydrogen) atoms. The number of fused-ring (bicyclic) bond motifs is 1. The van der Waals surface area contributed by atoms with Gasteiger partial charge in [0.05, 0.1) is 47.5 Å². The third-order valence-electron chi connectivity index (χ3n) is 7.36. The fraction of sp³-hybridized carbons (Fsp3) is 0.188. The molecule has 0 unspecified atom stereocenters. The number of carbonyl (C=O) groups is 4. The van der Waals surface area contributed by atoms with E-state index in [1.807, 2.05) is 11.9 Å². The van der Waals surface area contributed by atoms with Gasteiger partial charge in [-0.25, -0.2) is 33.1 Å². The van der Waals surface area contributed by atoms with Crippen molar-refractivity contribution in [1.82, 2.24) is 25.3 Å². The Hall–Kier alpha value is -6.58. The normalized spacial score (nSPS) is 11.5. The number of aliphatic carboxylic acids is 2. The van der Waals surface area contributed by atoms with Crippen LogP contribution in [0.15, 0.2) is 70.3 Å². The molecule has 0 fully saturated rings. The monoisotopic (exact) mass is 784 g/mol. The summed E-state index contributed by atoms with van der Waals surface area (Å²) in [5.74, 6) is -3.63. The molecule has 0 aliphatic carbocycles. The highest BCUT2D eigenvalue weighted by atomic mass is 35.5. The highest BCUT2D eigenvalue weighted by molar-refractivity contribution is 7.89. The Bertz CT molecular complexity index is 2290. The molecule has 0 aliphatic rings. The highest BCUT2D eigenvalue weighted by Crippen LogP contribution is 2.29. The van der Waals surface area contributed by atoms with Crippen molar-refractivity contribution in [2.24, 2.45) is 5.14 Å². The number of hydrogen-bond donors (Lipinski definition) is 8. The molecule has 1 atom stereocenters. The van der Waals surface area contributed by atoms with E-state index in [1.54, 1.807) is 30.5 Å². The molecule has 3 aromatic heterocycles. The molecule has 11 N–H and O–H groups in total. The minimum Gasteiger partial charge on any atom is -0.481 e. The first kappa shape index (κ1) is 40.2. The quantitative estimate of drug-likeness (QED) is 0.0799. The van der Waals surface area contributed by atoms with Crippen molar-refractivity contribution in [3.05, 3.63) is 88.6 Å². The number of primary sulfonamides is 1. The van der Waals surface area contributed by atoms with Crippen molar-refractivity contribution in [2.75, 3.05) is 28.7 Å². The van der Waals surface area contributed by atoms with Crippen LogP contribution < -0.4 is 32.1 Å². The number of anilines is 4. The van der Waals surface area contributed by atoms with Crippen LogP contribution in [-0.2, 0) is 32.7 Å². The third-order valence-corrected chi connectivity index (χ3v) is 8.74. The lowest BCUT2D eigenvalue weighted by Gasteiger charge is -2.19. The summed E-state index contributed by atoms with van der Waals surface area (Å²) in [6.45, 7) is 0.590. The number of hydrogen-bond acceptors (Lipinski definition) is 15. The zero-order valence-corrected chi connectivity index (χ0v) is 29.7. The second-order valence-electron chi connectivity index (χ2n) is 11.3. The van der Waals surface area contributed by atoms with Gasteiger partial charge in [-0.2, -0.15) is 9.97 Å². The number of rotatable bonds is 14. The van der Waals surface area contributed by atoms with Crippen LogP contribution in [0.2, 0.25) is 5.02 Å². The smallest absolute Gasteiger partial charge is 0.337 e. The SMILES string of the molecule is CN(Cc1cnc2nc(N)nc(N)c2n1)c1ccc(C(=O)N[C@@H](CCC(=O)O)C(=O)O)cc1.NS(=O)(=O)c1cc(C(=O)O)c(NCc2ccco2)cc1Cl. The number of aromatic nitrogens is 4. The van der Waals surface area contributed by atoms with Gasteiger partial charge < -0.3 is 46.7 Å². The number of nitrogens with two attached hydrogens (primary N) is 3. The van der Waals surface area contributed by atoms with Gasteiger partial charge in [0.1, 0.15) is 16.7 Å². The lowest BCUT2D eigenvalue weighted by molar-refractivity contribution is -0.140. The predicted octanol–water partition coefficient (Wildman–Crippen LogP) is 2.16. The average molecular weight is 785 g/mol. The van der Waals surface area contributed by atoms with E-state index < -0.39 is 44.8 Å². The van der Waals surface area contributed by atoms with Gasteiger partial charge in [-0.3, -0.25) is 9.59 Å². The van der Waals surface area contributed by atoms with Gasteiger partial charge in [-0.1, -0.05) is 11.6 Å². The van der Waals surface area contributed by atoms with E-state index in [0.717, 1.165) is 11.8 Å². The number of nitrogens with zero attached hydrogens (tertiary/aromatic N) is 5. The molecule has 2 aromatic carbocycles. The molecule has 0 spiro atoms. The van der Waals surface area contributed by atoms with E-state index in [0.29, 0.717) is 29.2 Å². The van der Waals surface area contributed by atoms with E-state index in [2.05, 4.69) is 30.6 Å². The molecule has 0 saturated carbocycles. The van der Waals surface area contributed by atoms with Gasteiger partial charge in [0.25, 0.3) is 5.91 Å². The Labute approximate surface area is 311 Å². The number of sulfonamides is 1. The van der Waals surface area contributed by atoms with Crippen LogP contribution in [0.3, 0.4) is 0 Å². The lowest BCUT2D eigenvalue weighted by atomic mass is 10.1. The summed E-state index contributed by atoms with van der Waals surface area (Å²) < 4.78 is 27.8. The van der Waals surface area contributed by atoms with Gasteiger partial charge in [0, 0.05) is 24.7 Å². The van der Waals surface area contributed by atoms with Crippen molar-refractivity contribution in [3.63, 3.8) is 0 Å². The maximum atomic E-state index is 12.4. The summed E-state index contributed by atoms with van der Waals surface area (Å²) in [6.07, 6.45) is 2.44. The summed E-state index contributed by atoms with van der Waals surface area (Å²) >= 11 is 5.84. The topological polar surface area (TPSA) is 333 Å². The van der Waals surface area contributed by atoms with Crippen molar-refractivity contribution < 1.29 is 47.3 Å². The maximum Gasteiger partial charge on any atom is 0.337 e. The van der Waals surface area contributed by atoms with Gasteiger partial charge in [0.15, 0.2) is 17.0 Å². The Morgan fingerprint density at radius 3 is 2.31 bits per heavy atom. The summed E-state index contributed by atoms with van der Waals surface area (Å²) in [4.78, 5) is 63.5. The van der Waals surface area contributed by atoms with Gasteiger partial charge in [-0.15, -0.1) is 0 Å². The Morgan fingerprint density at radius 2 is 1.72 bits per heavy atom. The number of carboxylic acids is 3. The minimum atomic E-state index is -4.11. The first-order valence-electron chi connectivity index (χ1n) is 15.4. The molecule has 0 aliphatic heterocycles. The number of amides is 1. The Morgan fingerprint density at radius 1 is 1.02 bits per heavy atom. The van der Waals surface area contributed by atoms with Crippen molar-refractivity contribution >= 4 is 79.7 Å². The summed E-state index contributed by atoms with van der Waals surface area (Å²) in [7, 11) is -2.29. The minimum absolute atomic E-state index is 0.0138. The number of nitrogen functional groups attached to an aromatic ring is 2. The number of furan rings is 1. The fourth-order valence-electron chi connectivity index (χ4n) is 4.72. The van der Waals surface area contributed by atoms with Crippen molar-refractivity contribution in [2.45, 2.75) is 36.9 Å². The van der Waals surface area contributed by atoms with Crippen LogP contribution in [0.1, 0.15) is 45.0 Å². The number of benzene rings is 2. The zero-order valence-electron chi connectivity index (χ0n) is 28.1. The largest absolute Gasteiger partial charge is 0.481 e. The summed E-state index contributed by atoms with van der Waals surface area (Å²) in [6, 6.07) is 10.7. The van der Waals surface area contributed by atoms with E-state index in [-0.39, 0.29) is 53.0 Å². The molecule has 5 aromatic rings. The van der Waals surface area contributed by atoms with Gasteiger partial charge in [-0.05, 0) is 55.0 Å². The number of carboxylic acid groups (broad SMARTS) is 3. The van der Waals surface area contributed by atoms with Crippen LogP contribution in [0, 0.1) is 0 Å². The number of aromatic carboxylic acids is 1. The summed E-state index contributed by atoms with van der Waals surface area (Å²) in [5, 5.41) is 37.1. The Kier molecular flexibility index (Phi) is 12.9. The zero-order chi connectivity index (χ0) is 39.7. The van der Waals surface area contributed by atoms with E-state index in [4.69, 9.17) is 42.8 Å².